The topological polar surface area (TPSA) is 38.0 Å². The number of nitrogens with zero attached hydrogens (tertiary/aromatic N) is 2. The van der Waals surface area contributed by atoms with Gasteiger partial charge in [-0.3, -0.25) is 4.98 Å². The molecule has 1 aromatic carbocycles. The van der Waals surface area contributed by atoms with E-state index in [4.69, 9.17) is 0 Å². The zero-order chi connectivity index (χ0) is 19.0. The fraction of sp³-hybridized carbons (Fsp3) is 0.0952. The van der Waals surface area contributed by atoms with Gasteiger partial charge < -0.3 is 9.67 Å². The Morgan fingerprint density at radius 1 is 1.11 bits per heavy atom. The van der Waals surface area contributed by atoms with Crippen molar-refractivity contribution in [1.29, 1.82) is 0 Å². The van der Waals surface area contributed by atoms with Gasteiger partial charge in [0.25, 0.3) is 0 Å². The van der Waals surface area contributed by atoms with Crippen molar-refractivity contribution in [2.45, 2.75) is 6.10 Å². The van der Waals surface area contributed by atoms with E-state index < -0.39 is 17.7 Å². The van der Waals surface area contributed by atoms with E-state index in [9.17, 15) is 13.9 Å². The normalized spacial score (nSPS) is 12.3. The molecule has 1 unspecified atom stereocenters. The molecule has 1 atom stereocenters. The molecule has 0 aliphatic heterocycles. The van der Waals surface area contributed by atoms with Crippen LogP contribution in [0.15, 0.2) is 66.4 Å². The van der Waals surface area contributed by atoms with Crippen molar-refractivity contribution in [3.05, 3.63) is 89.2 Å². The first-order chi connectivity index (χ1) is 13.0. The van der Waals surface area contributed by atoms with Gasteiger partial charge in [-0.25, -0.2) is 8.78 Å². The number of aryl methyl sites for hydroxylation is 1. The van der Waals surface area contributed by atoms with E-state index in [1.165, 1.54) is 23.5 Å². The van der Waals surface area contributed by atoms with Crippen LogP contribution in [0, 0.1) is 11.6 Å². The molecule has 3 nitrogen and oxygen atoms in total. The van der Waals surface area contributed by atoms with Crippen molar-refractivity contribution >= 4 is 11.3 Å². The lowest BCUT2D eigenvalue weighted by atomic mass is 9.95. The lowest BCUT2D eigenvalue weighted by Crippen LogP contribution is -2.04. The summed E-state index contributed by atoms with van der Waals surface area (Å²) in [5, 5.41) is 13.1. The van der Waals surface area contributed by atoms with Crippen LogP contribution in [0.25, 0.3) is 21.7 Å². The second-order valence-electron chi connectivity index (χ2n) is 6.24. The quantitative estimate of drug-likeness (QED) is 0.528. The van der Waals surface area contributed by atoms with Crippen LogP contribution in [0.2, 0.25) is 0 Å². The highest BCUT2D eigenvalue weighted by atomic mass is 32.1. The average molecular weight is 382 g/mol. The highest BCUT2D eigenvalue weighted by Crippen LogP contribution is 2.41. The number of benzene rings is 1. The Labute approximate surface area is 159 Å². The molecule has 4 aromatic rings. The molecule has 4 rings (SSSR count). The Kier molecular flexibility index (Phi) is 4.59. The Bertz CT molecular complexity index is 1060. The summed E-state index contributed by atoms with van der Waals surface area (Å²) in [4.78, 5) is 5.04. The van der Waals surface area contributed by atoms with E-state index in [0.717, 1.165) is 16.5 Å². The van der Waals surface area contributed by atoms with Crippen LogP contribution in [0.4, 0.5) is 8.78 Å². The van der Waals surface area contributed by atoms with E-state index in [1.807, 2.05) is 23.7 Å². The predicted molar refractivity (Wildman–Crippen MR) is 102 cm³/mol. The van der Waals surface area contributed by atoms with Gasteiger partial charge in [-0.1, -0.05) is 12.1 Å². The van der Waals surface area contributed by atoms with E-state index in [-0.39, 0.29) is 0 Å². The zero-order valence-electron chi connectivity index (χ0n) is 14.4. The minimum atomic E-state index is -0.988. The van der Waals surface area contributed by atoms with Crippen molar-refractivity contribution < 1.29 is 13.9 Å². The maximum atomic E-state index is 13.9. The summed E-state index contributed by atoms with van der Waals surface area (Å²) >= 11 is 1.54. The predicted octanol–water partition coefficient (Wildman–Crippen LogP) is 5.18. The maximum Gasteiger partial charge on any atom is 0.126 e. The van der Waals surface area contributed by atoms with Gasteiger partial charge in [0.1, 0.15) is 17.7 Å². The molecule has 0 aliphatic rings. The van der Waals surface area contributed by atoms with Gasteiger partial charge in [-0.15, -0.1) is 11.3 Å². The summed E-state index contributed by atoms with van der Waals surface area (Å²) < 4.78 is 29.5. The second-order valence-corrected chi connectivity index (χ2v) is 7.19. The van der Waals surface area contributed by atoms with Crippen molar-refractivity contribution in [3.8, 4) is 21.7 Å². The largest absolute Gasteiger partial charge is 0.383 e. The van der Waals surface area contributed by atoms with E-state index in [1.54, 1.807) is 36.1 Å². The number of thiophene rings is 1. The monoisotopic (exact) mass is 382 g/mol. The third kappa shape index (κ3) is 3.29. The summed E-state index contributed by atoms with van der Waals surface area (Å²) in [6, 6.07) is 10.8. The van der Waals surface area contributed by atoms with Crippen LogP contribution in [0.5, 0.6) is 0 Å². The minimum Gasteiger partial charge on any atom is -0.383 e. The molecule has 6 heteroatoms. The standard InChI is InChI=1S/C21H16F2N2OS/c1-25-12-17(18-5-3-7-27-18)19(21(26)13-4-2-6-24-11-13)20(25)14-8-15(22)10-16(23)9-14/h2-12,21,26H,1H3. The zero-order valence-corrected chi connectivity index (χ0v) is 15.3. The maximum absolute atomic E-state index is 13.9. The molecule has 0 amide bonds. The van der Waals surface area contributed by atoms with Crippen LogP contribution in [-0.2, 0) is 7.05 Å². The van der Waals surface area contributed by atoms with Crippen LogP contribution in [0.3, 0.4) is 0 Å². The first kappa shape index (κ1) is 17.6. The lowest BCUT2D eigenvalue weighted by molar-refractivity contribution is 0.221. The highest BCUT2D eigenvalue weighted by Gasteiger charge is 2.25. The first-order valence-electron chi connectivity index (χ1n) is 8.32. The van der Waals surface area contributed by atoms with E-state index in [0.29, 0.717) is 22.4 Å². The Hall–Kier alpha value is -2.83. The Morgan fingerprint density at radius 3 is 2.52 bits per heavy atom. The van der Waals surface area contributed by atoms with Gasteiger partial charge in [0, 0.05) is 58.8 Å². The molecule has 0 aliphatic carbocycles. The molecule has 0 radical (unpaired) electrons. The molecule has 0 spiro atoms. The number of aliphatic hydroxyl groups excluding tert-OH is 1. The molecule has 136 valence electrons. The molecular weight excluding hydrogens is 366 g/mol. The number of aromatic nitrogens is 2. The van der Waals surface area contributed by atoms with Crippen molar-refractivity contribution in [2.24, 2.45) is 7.05 Å². The van der Waals surface area contributed by atoms with Crippen LogP contribution in [-0.4, -0.2) is 14.7 Å². The van der Waals surface area contributed by atoms with E-state index in [2.05, 4.69) is 4.98 Å². The summed E-state index contributed by atoms with van der Waals surface area (Å²) in [5.74, 6) is -1.32. The van der Waals surface area contributed by atoms with Crippen LogP contribution >= 0.6 is 11.3 Å². The van der Waals surface area contributed by atoms with Crippen molar-refractivity contribution in [2.75, 3.05) is 0 Å². The van der Waals surface area contributed by atoms with Crippen molar-refractivity contribution in [3.63, 3.8) is 0 Å². The molecule has 0 saturated carbocycles. The molecule has 1 N–H and O–H groups in total. The Morgan fingerprint density at radius 2 is 1.89 bits per heavy atom. The number of hydrogen-bond donors (Lipinski definition) is 1. The lowest BCUT2D eigenvalue weighted by Gasteiger charge is -2.16. The average Bonchev–Trinajstić information content (AvgIpc) is 3.28. The smallest absolute Gasteiger partial charge is 0.126 e. The molecule has 27 heavy (non-hydrogen) atoms. The van der Waals surface area contributed by atoms with Gasteiger partial charge in [0.2, 0.25) is 0 Å². The van der Waals surface area contributed by atoms with Crippen LogP contribution in [0.1, 0.15) is 17.2 Å². The fourth-order valence-corrected chi connectivity index (χ4v) is 4.05. The fourth-order valence-electron chi connectivity index (χ4n) is 3.30. The van der Waals surface area contributed by atoms with Gasteiger partial charge in [-0.2, -0.15) is 0 Å². The SMILES string of the molecule is Cn1cc(-c2cccs2)c(C(O)c2cccnc2)c1-c1cc(F)cc(F)c1. The number of hydrogen-bond acceptors (Lipinski definition) is 3. The number of rotatable bonds is 4. The van der Waals surface area contributed by atoms with Gasteiger partial charge in [0.05, 0.1) is 5.69 Å². The van der Waals surface area contributed by atoms with Gasteiger partial charge >= 0.3 is 0 Å². The molecule has 0 bridgehead atoms. The molecule has 3 aromatic heterocycles. The molecule has 3 heterocycles. The summed E-state index contributed by atoms with van der Waals surface area (Å²) in [5.41, 5.74) is 2.96. The highest BCUT2D eigenvalue weighted by molar-refractivity contribution is 7.13. The third-order valence-corrected chi connectivity index (χ3v) is 5.32. The molecule has 0 fully saturated rings. The molecule has 0 saturated heterocycles. The summed E-state index contributed by atoms with van der Waals surface area (Å²) in [6.45, 7) is 0. The summed E-state index contributed by atoms with van der Waals surface area (Å²) in [6.07, 6.45) is 4.10. The number of aliphatic hydroxyl groups is 1. The van der Waals surface area contributed by atoms with Crippen LogP contribution < -0.4 is 0 Å². The van der Waals surface area contributed by atoms with Gasteiger partial charge in [0.15, 0.2) is 0 Å². The minimum absolute atomic E-state index is 0.371. The first-order valence-corrected chi connectivity index (χ1v) is 9.20. The molecular formula is C21H16F2N2OS. The van der Waals surface area contributed by atoms with E-state index >= 15 is 0 Å². The second kappa shape index (κ2) is 7.06. The third-order valence-electron chi connectivity index (χ3n) is 4.42. The Balaban J connectivity index is 1.98. The van der Waals surface area contributed by atoms with Gasteiger partial charge in [-0.05, 0) is 29.6 Å². The number of halogens is 2. The summed E-state index contributed by atoms with van der Waals surface area (Å²) in [7, 11) is 1.80. The van der Waals surface area contributed by atoms with Crippen molar-refractivity contribution in [1.82, 2.24) is 9.55 Å². The number of pyridine rings is 1.